The van der Waals surface area contributed by atoms with Gasteiger partial charge in [-0.1, -0.05) is 73.7 Å². The lowest BCUT2D eigenvalue weighted by Crippen LogP contribution is -1.80. The molecule has 3 aromatic carbocycles. The fourth-order valence-electron chi connectivity index (χ4n) is 2.19. The molecule has 0 atom stereocenters. The Morgan fingerprint density at radius 1 is 0.611 bits per heavy atom. The Labute approximate surface area is 109 Å². The fourth-order valence-corrected chi connectivity index (χ4v) is 2.19. The molecule has 0 amide bonds. The van der Waals surface area contributed by atoms with Gasteiger partial charge in [-0.15, -0.1) is 0 Å². The van der Waals surface area contributed by atoms with Crippen molar-refractivity contribution in [3.05, 3.63) is 72.3 Å². The standard InChI is InChI=1S/C17H14.CH4/c1-13-5-4-8-15(11-13)17-10-9-14-6-2-3-7-16(14)12-17;/h2-12H,1H3;1H4. The van der Waals surface area contributed by atoms with Crippen molar-refractivity contribution in [2.24, 2.45) is 0 Å². The van der Waals surface area contributed by atoms with Crippen LogP contribution in [0.25, 0.3) is 21.9 Å². The zero-order valence-electron chi connectivity index (χ0n) is 9.85. The second-order valence-corrected chi connectivity index (χ2v) is 4.43. The van der Waals surface area contributed by atoms with Gasteiger partial charge in [0.2, 0.25) is 0 Å². The molecule has 3 aromatic rings. The molecule has 0 N–H and O–H groups in total. The number of rotatable bonds is 1. The summed E-state index contributed by atoms with van der Waals surface area (Å²) in [5, 5.41) is 2.59. The second kappa shape index (κ2) is 5.05. The van der Waals surface area contributed by atoms with Gasteiger partial charge in [0.15, 0.2) is 0 Å². The molecule has 0 heteroatoms. The first kappa shape index (κ1) is 12.4. The molecule has 0 nitrogen and oxygen atoms in total. The quantitative estimate of drug-likeness (QED) is 0.525. The maximum atomic E-state index is 2.25. The van der Waals surface area contributed by atoms with Crippen molar-refractivity contribution in [2.45, 2.75) is 14.4 Å². The highest BCUT2D eigenvalue weighted by molar-refractivity contribution is 5.87. The minimum absolute atomic E-state index is 0. The highest BCUT2D eigenvalue weighted by Crippen LogP contribution is 2.24. The van der Waals surface area contributed by atoms with Gasteiger partial charge in [0, 0.05) is 0 Å². The lowest BCUT2D eigenvalue weighted by molar-refractivity contribution is 1.47. The van der Waals surface area contributed by atoms with E-state index in [1.807, 2.05) is 0 Å². The molecule has 0 aliphatic rings. The van der Waals surface area contributed by atoms with E-state index in [9.17, 15) is 0 Å². The third kappa shape index (κ3) is 2.28. The van der Waals surface area contributed by atoms with E-state index in [2.05, 4.69) is 73.7 Å². The lowest BCUT2D eigenvalue weighted by Gasteiger charge is -2.05. The molecule has 0 saturated carbocycles. The number of benzene rings is 3. The molecule has 0 aliphatic carbocycles. The minimum Gasteiger partial charge on any atom is -0.0776 e. The van der Waals surface area contributed by atoms with Gasteiger partial charge >= 0.3 is 0 Å². The summed E-state index contributed by atoms with van der Waals surface area (Å²) < 4.78 is 0. The molecular weight excluding hydrogens is 216 g/mol. The third-order valence-corrected chi connectivity index (χ3v) is 3.10. The normalized spacial score (nSPS) is 10.1. The Bertz CT molecular complexity index is 665. The van der Waals surface area contributed by atoms with Gasteiger partial charge in [0.25, 0.3) is 0 Å². The van der Waals surface area contributed by atoms with Crippen LogP contribution in [-0.4, -0.2) is 0 Å². The zero-order chi connectivity index (χ0) is 11.7. The average molecular weight is 234 g/mol. The number of aryl methyl sites for hydroxylation is 1. The summed E-state index contributed by atoms with van der Waals surface area (Å²) in [5.74, 6) is 0. The van der Waals surface area contributed by atoms with Gasteiger partial charge in [-0.25, -0.2) is 0 Å². The number of hydrogen-bond acceptors (Lipinski definition) is 0. The SMILES string of the molecule is C.Cc1cccc(-c2ccc3ccccc3c2)c1. The summed E-state index contributed by atoms with van der Waals surface area (Å²) in [5.41, 5.74) is 3.87. The van der Waals surface area contributed by atoms with Crippen LogP contribution >= 0.6 is 0 Å². The van der Waals surface area contributed by atoms with Crippen LogP contribution in [-0.2, 0) is 0 Å². The molecule has 0 aromatic heterocycles. The highest BCUT2D eigenvalue weighted by atomic mass is 14.0. The van der Waals surface area contributed by atoms with Crippen molar-refractivity contribution >= 4 is 10.8 Å². The molecule has 18 heavy (non-hydrogen) atoms. The van der Waals surface area contributed by atoms with E-state index in [1.165, 1.54) is 27.5 Å². The summed E-state index contributed by atoms with van der Waals surface area (Å²) >= 11 is 0. The third-order valence-electron chi connectivity index (χ3n) is 3.10. The molecule has 0 bridgehead atoms. The lowest BCUT2D eigenvalue weighted by atomic mass is 10.0. The molecule has 0 aliphatic heterocycles. The number of fused-ring (bicyclic) bond motifs is 1. The molecule has 0 spiro atoms. The van der Waals surface area contributed by atoms with Crippen molar-refractivity contribution in [1.29, 1.82) is 0 Å². The summed E-state index contributed by atoms with van der Waals surface area (Å²) in [4.78, 5) is 0. The van der Waals surface area contributed by atoms with E-state index in [4.69, 9.17) is 0 Å². The second-order valence-electron chi connectivity index (χ2n) is 4.43. The summed E-state index contributed by atoms with van der Waals surface area (Å²) in [7, 11) is 0. The van der Waals surface area contributed by atoms with Crippen LogP contribution in [0.4, 0.5) is 0 Å². The molecule has 0 unspecified atom stereocenters. The summed E-state index contributed by atoms with van der Waals surface area (Å²) in [6, 6.07) is 23.7. The highest BCUT2D eigenvalue weighted by Gasteiger charge is 1.99. The maximum Gasteiger partial charge on any atom is -0.0178 e. The van der Waals surface area contributed by atoms with Crippen molar-refractivity contribution < 1.29 is 0 Å². The van der Waals surface area contributed by atoms with E-state index in [1.54, 1.807) is 0 Å². The monoisotopic (exact) mass is 234 g/mol. The van der Waals surface area contributed by atoms with Gasteiger partial charge in [-0.3, -0.25) is 0 Å². The van der Waals surface area contributed by atoms with Crippen LogP contribution in [0.15, 0.2) is 66.7 Å². The Hall–Kier alpha value is -2.08. The van der Waals surface area contributed by atoms with Crippen LogP contribution in [0, 0.1) is 6.92 Å². The van der Waals surface area contributed by atoms with E-state index in [0.717, 1.165) is 0 Å². The van der Waals surface area contributed by atoms with Crippen molar-refractivity contribution in [2.75, 3.05) is 0 Å². The first-order chi connectivity index (χ1) is 8.33. The molecule has 0 saturated heterocycles. The van der Waals surface area contributed by atoms with Gasteiger partial charge in [0.1, 0.15) is 0 Å². The molecule has 0 heterocycles. The van der Waals surface area contributed by atoms with Crippen LogP contribution < -0.4 is 0 Å². The van der Waals surface area contributed by atoms with Gasteiger partial charge < -0.3 is 0 Å². The van der Waals surface area contributed by atoms with E-state index in [0.29, 0.717) is 0 Å². The zero-order valence-corrected chi connectivity index (χ0v) is 9.85. The van der Waals surface area contributed by atoms with Crippen LogP contribution in [0.2, 0.25) is 0 Å². The smallest absolute Gasteiger partial charge is 0.0178 e. The summed E-state index contributed by atoms with van der Waals surface area (Å²) in [6.45, 7) is 2.13. The fraction of sp³-hybridized carbons (Fsp3) is 0.111. The van der Waals surface area contributed by atoms with E-state index < -0.39 is 0 Å². The Morgan fingerprint density at radius 3 is 2.11 bits per heavy atom. The van der Waals surface area contributed by atoms with Crippen molar-refractivity contribution in [1.82, 2.24) is 0 Å². The van der Waals surface area contributed by atoms with Gasteiger partial charge in [-0.05, 0) is 34.9 Å². The predicted octanol–water partition coefficient (Wildman–Crippen LogP) is 5.45. The maximum absolute atomic E-state index is 2.25. The Balaban J connectivity index is 0.00000120. The number of hydrogen-bond donors (Lipinski definition) is 0. The minimum atomic E-state index is 0. The topological polar surface area (TPSA) is 0 Å². The largest absolute Gasteiger partial charge is 0.0776 e. The van der Waals surface area contributed by atoms with Crippen LogP contribution in [0.5, 0.6) is 0 Å². The van der Waals surface area contributed by atoms with Gasteiger partial charge in [-0.2, -0.15) is 0 Å². The molecule has 0 fully saturated rings. The molecular formula is C18H18. The van der Waals surface area contributed by atoms with E-state index in [-0.39, 0.29) is 7.43 Å². The van der Waals surface area contributed by atoms with Crippen molar-refractivity contribution in [3.63, 3.8) is 0 Å². The summed E-state index contributed by atoms with van der Waals surface area (Å²) in [6.07, 6.45) is 0. The van der Waals surface area contributed by atoms with E-state index >= 15 is 0 Å². The Kier molecular flexibility index (Phi) is 3.47. The van der Waals surface area contributed by atoms with Crippen LogP contribution in [0.3, 0.4) is 0 Å². The van der Waals surface area contributed by atoms with Crippen LogP contribution in [0.1, 0.15) is 13.0 Å². The average Bonchev–Trinajstić information content (AvgIpc) is 2.38. The van der Waals surface area contributed by atoms with Crippen molar-refractivity contribution in [3.8, 4) is 11.1 Å². The Morgan fingerprint density at radius 2 is 1.33 bits per heavy atom. The van der Waals surface area contributed by atoms with Gasteiger partial charge in [0.05, 0.1) is 0 Å². The molecule has 90 valence electrons. The molecule has 0 radical (unpaired) electrons. The molecule has 3 rings (SSSR count). The first-order valence-corrected chi connectivity index (χ1v) is 5.89. The predicted molar refractivity (Wildman–Crippen MR) is 80.9 cm³/mol. The first-order valence-electron chi connectivity index (χ1n) is 5.89.